The highest BCUT2D eigenvalue weighted by Gasteiger charge is 2.05. The van der Waals surface area contributed by atoms with Crippen LogP contribution >= 0.6 is 0 Å². The van der Waals surface area contributed by atoms with E-state index in [4.69, 9.17) is 5.11 Å². The van der Waals surface area contributed by atoms with Gasteiger partial charge in [0.05, 0.1) is 5.56 Å². The molecule has 92 valence electrons. The van der Waals surface area contributed by atoms with Gasteiger partial charge in [-0.05, 0) is 38.1 Å². The molecule has 5 heteroatoms. The summed E-state index contributed by atoms with van der Waals surface area (Å²) in [6.45, 7) is 3.85. The minimum Gasteiger partial charge on any atom is -0.478 e. The van der Waals surface area contributed by atoms with E-state index in [9.17, 15) is 4.79 Å². The van der Waals surface area contributed by atoms with Gasteiger partial charge in [0, 0.05) is 16.9 Å². The van der Waals surface area contributed by atoms with E-state index in [2.05, 4.69) is 15.3 Å². The average Bonchev–Trinajstić information content (AvgIpc) is 2.36. The van der Waals surface area contributed by atoms with Crippen LogP contribution in [-0.4, -0.2) is 21.0 Å². The third kappa shape index (κ3) is 2.45. The quantitative estimate of drug-likeness (QED) is 0.866. The van der Waals surface area contributed by atoms with Crippen molar-refractivity contribution in [1.29, 1.82) is 0 Å². The largest absolute Gasteiger partial charge is 0.478 e. The molecule has 1 heterocycles. The number of hydrogen-bond acceptors (Lipinski definition) is 4. The van der Waals surface area contributed by atoms with Crippen molar-refractivity contribution in [1.82, 2.24) is 9.97 Å². The Morgan fingerprint density at radius 3 is 2.44 bits per heavy atom. The summed E-state index contributed by atoms with van der Waals surface area (Å²) in [6, 6.07) is 6.52. The molecule has 0 fully saturated rings. The van der Waals surface area contributed by atoms with Gasteiger partial charge in [0.25, 0.3) is 0 Å². The molecule has 2 rings (SSSR count). The van der Waals surface area contributed by atoms with Crippen molar-refractivity contribution in [3.8, 4) is 0 Å². The second-order valence-electron chi connectivity index (χ2n) is 3.94. The molecule has 0 aliphatic carbocycles. The molecule has 0 atom stereocenters. The van der Waals surface area contributed by atoms with Gasteiger partial charge in [0.2, 0.25) is 0 Å². The second kappa shape index (κ2) is 4.83. The molecule has 2 aromatic rings. The van der Waals surface area contributed by atoms with Gasteiger partial charge in [-0.1, -0.05) is 0 Å². The zero-order chi connectivity index (χ0) is 13.1. The smallest absolute Gasteiger partial charge is 0.335 e. The van der Waals surface area contributed by atoms with Crippen molar-refractivity contribution in [2.45, 2.75) is 13.8 Å². The molecule has 0 saturated heterocycles. The predicted octanol–water partition coefficient (Wildman–Crippen LogP) is 2.54. The molecule has 0 radical (unpaired) electrons. The number of nitrogens with one attached hydrogen (secondary N) is 1. The first-order valence-electron chi connectivity index (χ1n) is 5.46. The summed E-state index contributed by atoms with van der Waals surface area (Å²) in [5.41, 5.74) is 2.94. The molecule has 18 heavy (non-hydrogen) atoms. The van der Waals surface area contributed by atoms with Crippen LogP contribution in [0.2, 0.25) is 0 Å². The van der Waals surface area contributed by atoms with Crippen LogP contribution in [0.4, 0.5) is 11.5 Å². The normalized spacial score (nSPS) is 10.1. The van der Waals surface area contributed by atoms with E-state index >= 15 is 0 Å². The molecule has 0 amide bonds. The van der Waals surface area contributed by atoms with Crippen LogP contribution in [0.25, 0.3) is 0 Å². The monoisotopic (exact) mass is 243 g/mol. The molecule has 0 aliphatic rings. The fraction of sp³-hybridized carbons (Fsp3) is 0.154. The molecule has 2 N–H and O–H groups in total. The molecule has 0 aliphatic heterocycles. The highest BCUT2D eigenvalue weighted by atomic mass is 16.4. The number of aromatic nitrogens is 2. The minimum atomic E-state index is -0.935. The molecular formula is C13H13N3O2. The van der Waals surface area contributed by atoms with Crippen molar-refractivity contribution in [3.05, 3.63) is 47.4 Å². The summed E-state index contributed by atoms with van der Waals surface area (Å²) in [5, 5.41) is 11.9. The summed E-state index contributed by atoms with van der Waals surface area (Å²) in [6.07, 6.45) is 1.50. The number of benzene rings is 1. The van der Waals surface area contributed by atoms with Crippen LogP contribution in [0, 0.1) is 13.8 Å². The molecule has 5 nitrogen and oxygen atoms in total. The lowest BCUT2D eigenvalue weighted by molar-refractivity contribution is 0.0697. The van der Waals surface area contributed by atoms with E-state index in [-0.39, 0.29) is 5.56 Å². The fourth-order valence-corrected chi connectivity index (χ4v) is 1.50. The Kier molecular flexibility index (Phi) is 3.23. The lowest BCUT2D eigenvalue weighted by Crippen LogP contribution is -2.00. The van der Waals surface area contributed by atoms with Gasteiger partial charge in [-0.3, -0.25) is 0 Å². The van der Waals surface area contributed by atoms with E-state index in [1.807, 2.05) is 13.8 Å². The van der Waals surface area contributed by atoms with E-state index in [0.29, 0.717) is 0 Å². The maximum absolute atomic E-state index is 10.7. The topological polar surface area (TPSA) is 75.1 Å². The fourth-order valence-electron chi connectivity index (χ4n) is 1.50. The highest BCUT2D eigenvalue weighted by Crippen LogP contribution is 2.19. The van der Waals surface area contributed by atoms with Crippen LogP contribution in [0.1, 0.15) is 21.6 Å². The summed E-state index contributed by atoms with van der Waals surface area (Å²) >= 11 is 0. The Bertz CT molecular complexity index is 579. The zero-order valence-corrected chi connectivity index (χ0v) is 10.1. The first kappa shape index (κ1) is 12.0. The van der Waals surface area contributed by atoms with Crippen molar-refractivity contribution in [3.63, 3.8) is 0 Å². The summed E-state index contributed by atoms with van der Waals surface area (Å²) in [5.74, 6) is -0.207. The Morgan fingerprint density at radius 1 is 1.17 bits per heavy atom. The van der Waals surface area contributed by atoms with Crippen LogP contribution in [0.15, 0.2) is 30.6 Å². The van der Waals surface area contributed by atoms with Gasteiger partial charge in [-0.2, -0.15) is 0 Å². The lowest BCUT2D eigenvalue weighted by atomic mass is 10.2. The van der Waals surface area contributed by atoms with E-state index in [0.717, 1.165) is 22.8 Å². The van der Waals surface area contributed by atoms with E-state index in [1.54, 1.807) is 24.3 Å². The first-order chi connectivity index (χ1) is 8.58. The molecule has 0 spiro atoms. The zero-order valence-electron chi connectivity index (χ0n) is 10.1. The van der Waals surface area contributed by atoms with Crippen LogP contribution in [0.3, 0.4) is 0 Å². The van der Waals surface area contributed by atoms with Crippen LogP contribution < -0.4 is 5.32 Å². The third-order valence-electron chi connectivity index (χ3n) is 2.73. The third-order valence-corrected chi connectivity index (χ3v) is 2.73. The van der Waals surface area contributed by atoms with Gasteiger partial charge in [0.15, 0.2) is 0 Å². The van der Waals surface area contributed by atoms with Gasteiger partial charge in [-0.15, -0.1) is 0 Å². The molecule has 1 aromatic carbocycles. The maximum atomic E-state index is 10.7. The lowest BCUT2D eigenvalue weighted by Gasteiger charge is -2.09. The van der Waals surface area contributed by atoms with Crippen LogP contribution in [-0.2, 0) is 0 Å². The Morgan fingerprint density at radius 2 is 1.83 bits per heavy atom. The summed E-state index contributed by atoms with van der Waals surface area (Å²) in [4.78, 5) is 19.0. The first-order valence-corrected chi connectivity index (χ1v) is 5.46. The Balaban J connectivity index is 2.24. The number of carbonyl (C=O) groups is 1. The number of carboxylic acids is 1. The molecule has 0 bridgehead atoms. The average molecular weight is 243 g/mol. The minimum absolute atomic E-state index is 0.260. The summed E-state index contributed by atoms with van der Waals surface area (Å²) in [7, 11) is 0. The SMILES string of the molecule is Cc1ncnc(Nc2ccc(C(=O)O)cc2)c1C. The van der Waals surface area contributed by atoms with E-state index in [1.165, 1.54) is 6.33 Å². The summed E-state index contributed by atoms with van der Waals surface area (Å²) < 4.78 is 0. The number of rotatable bonds is 3. The Labute approximate surface area is 105 Å². The number of aryl methyl sites for hydroxylation is 1. The number of nitrogens with zero attached hydrogens (tertiary/aromatic N) is 2. The number of hydrogen-bond donors (Lipinski definition) is 2. The van der Waals surface area contributed by atoms with Gasteiger partial charge < -0.3 is 10.4 Å². The van der Waals surface area contributed by atoms with Crippen LogP contribution in [0.5, 0.6) is 0 Å². The number of carboxylic acid groups (broad SMARTS) is 1. The Hall–Kier alpha value is -2.43. The molecule has 0 saturated carbocycles. The number of aromatic carboxylic acids is 1. The highest BCUT2D eigenvalue weighted by molar-refractivity contribution is 5.88. The maximum Gasteiger partial charge on any atom is 0.335 e. The standard InChI is InChI=1S/C13H13N3O2/c1-8-9(2)14-7-15-12(8)16-11-5-3-10(4-6-11)13(17)18/h3-7H,1-2H3,(H,17,18)(H,14,15,16). The molecular weight excluding hydrogens is 230 g/mol. The predicted molar refractivity (Wildman–Crippen MR) is 68.2 cm³/mol. The van der Waals surface area contributed by atoms with Gasteiger partial charge in [0.1, 0.15) is 12.1 Å². The van der Waals surface area contributed by atoms with E-state index < -0.39 is 5.97 Å². The molecule has 1 aromatic heterocycles. The molecule has 0 unspecified atom stereocenters. The van der Waals surface area contributed by atoms with Gasteiger partial charge >= 0.3 is 5.97 Å². The van der Waals surface area contributed by atoms with Gasteiger partial charge in [-0.25, -0.2) is 14.8 Å². The van der Waals surface area contributed by atoms with Crippen molar-refractivity contribution in [2.24, 2.45) is 0 Å². The van der Waals surface area contributed by atoms with Crippen molar-refractivity contribution < 1.29 is 9.90 Å². The van der Waals surface area contributed by atoms with Crippen molar-refractivity contribution >= 4 is 17.5 Å². The van der Waals surface area contributed by atoms with Crippen molar-refractivity contribution in [2.75, 3.05) is 5.32 Å². The second-order valence-corrected chi connectivity index (χ2v) is 3.94. The number of anilines is 2.